The number of hydrogen-bond acceptors (Lipinski definition) is 4. The lowest BCUT2D eigenvalue weighted by Gasteiger charge is -2.42. The number of fused-ring (bicyclic) bond motifs is 6. The van der Waals surface area contributed by atoms with Crippen LogP contribution < -0.4 is 0 Å². The van der Waals surface area contributed by atoms with Gasteiger partial charge in [-0.1, -0.05) is 210 Å². The molecule has 0 N–H and O–H groups in total. The summed E-state index contributed by atoms with van der Waals surface area (Å²) in [5, 5.41) is 0. The van der Waals surface area contributed by atoms with Gasteiger partial charge in [-0.05, 0) is 114 Å². The molecule has 2 unspecified atom stereocenters. The molecule has 4 nitrogen and oxygen atoms in total. The quantitative estimate of drug-likeness (QED) is 0.167. The fourth-order valence-electron chi connectivity index (χ4n) is 13.2. The van der Waals surface area contributed by atoms with Gasteiger partial charge < -0.3 is 0 Å². The van der Waals surface area contributed by atoms with Crippen LogP contribution in [0, 0.1) is 0 Å². The van der Waals surface area contributed by atoms with Crippen molar-refractivity contribution >= 4 is 0 Å². The second-order valence-corrected chi connectivity index (χ2v) is 21.7. The maximum absolute atomic E-state index is 5.35. The first-order valence-electron chi connectivity index (χ1n) is 25.9. The Morgan fingerprint density at radius 2 is 0.581 bits per heavy atom. The first kappa shape index (κ1) is 42.8. The molecule has 16 rings (SSSR count). The summed E-state index contributed by atoms with van der Waals surface area (Å²) < 4.78 is 0. The molecule has 5 aliphatic rings. The van der Waals surface area contributed by atoms with E-state index in [1.165, 1.54) is 77.9 Å². The van der Waals surface area contributed by atoms with Gasteiger partial charge in [0.25, 0.3) is 0 Å². The van der Waals surface area contributed by atoms with Crippen LogP contribution in [0.1, 0.15) is 95.2 Å². The third kappa shape index (κ3) is 6.34. The molecule has 2 aromatic heterocycles. The van der Waals surface area contributed by atoms with E-state index in [0.29, 0.717) is 0 Å². The van der Waals surface area contributed by atoms with Crippen LogP contribution in [-0.4, -0.2) is 19.9 Å². The third-order valence-electron chi connectivity index (χ3n) is 16.9. The van der Waals surface area contributed by atoms with Crippen LogP contribution in [-0.2, 0) is 10.8 Å². The van der Waals surface area contributed by atoms with E-state index in [1.807, 2.05) is 12.1 Å². The summed E-state index contributed by atoms with van der Waals surface area (Å²) in [5.74, 6) is 1.56. The Bertz CT molecular complexity index is 3880. The van der Waals surface area contributed by atoms with E-state index in [9.17, 15) is 0 Å². The maximum atomic E-state index is 5.35. The van der Waals surface area contributed by atoms with Crippen LogP contribution in [0.25, 0.3) is 90.1 Å². The molecule has 0 fully saturated rings. The summed E-state index contributed by atoms with van der Waals surface area (Å²) in [6, 6.07) is 79.8. The normalized spacial score (nSPS) is 16.3. The standard InChI is InChI=1S/C70H50N4/c1-69(2)57-25-15-13-21-47(57)49-31-27-45(37-59(49)69)63-39-61(71-67(73-63)41-17-7-5-8-18-41)43-29-33-53-55(35-43)65-51-23-11-12-24-52(51)66(53)56-36-44(30-34-54(56)65)62-40-64(74-68(72-62)42-19-9-6-10-20-42)46-28-32-50-48-22-14-16-26-58(48)70(3,4)60(50)38-46/h5-40,65-66H,1-4H3. The van der Waals surface area contributed by atoms with Gasteiger partial charge in [0, 0.05) is 56.0 Å². The average molecular weight is 947 g/mol. The molecule has 0 spiro atoms. The third-order valence-corrected chi connectivity index (χ3v) is 16.9. The van der Waals surface area contributed by atoms with E-state index < -0.39 is 0 Å². The molecule has 11 aromatic rings. The molecule has 0 saturated carbocycles. The maximum Gasteiger partial charge on any atom is 0.160 e. The van der Waals surface area contributed by atoms with E-state index in [1.54, 1.807) is 0 Å². The van der Waals surface area contributed by atoms with Gasteiger partial charge in [0.2, 0.25) is 0 Å². The minimum Gasteiger partial charge on any atom is -0.228 e. The molecule has 2 atom stereocenters. The Hall–Kier alpha value is -8.86. The Morgan fingerprint density at radius 3 is 1.00 bits per heavy atom. The van der Waals surface area contributed by atoms with E-state index >= 15 is 0 Å². The summed E-state index contributed by atoms with van der Waals surface area (Å²) >= 11 is 0. The summed E-state index contributed by atoms with van der Waals surface area (Å²) in [6.07, 6.45) is 0. The Kier molecular flexibility index (Phi) is 9.15. The SMILES string of the molecule is CC1(C)c2ccccc2-c2ccc(-c3cc(-c4ccc5c(c4)C4c6ccccc6C5c5cc(-c6cc(-c7ccc8c(c7)C(C)(C)c7ccccc7-8)nc(-c7ccccc7)n6)ccc54)nc(-c4ccccc4)n3)cc21. The topological polar surface area (TPSA) is 51.6 Å². The molecule has 350 valence electrons. The largest absolute Gasteiger partial charge is 0.228 e. The highest BCUT2D eigenvalue weighted by atomic mass is 14.9. The van der Waals surface area contributed by atoms with Crippen molar-refractivity contribution in [3.63, 3.8) is 0 Å². The van der Waals surface area contributed by atoms with Crippen molar-refractivity contribution in [3.8, 4) is 90.1 Å². The zero-order valence-electron chi connectivity index (χ0n) is 41.7. The zero-order chi connectivity index (χ0) is 49.5. The molecule has 0 saturated heterocycles. The molecule has 0 aliphatic heterocycles. The van der Waals surface area contributed by atoms with Gasteiger partial charge in [0.1, 0.15) is 0 Å². The summed E-state index contributed by atoms with van der Waals surface area (Å²) in [4.78, 5) is 21.3. The Balaban J connectivity index is 0.841. The smallest absolute Gasteiger partial charge is 0.160 e. The monoisotopic (exact) mass is 946 g/mol. The first-order chi connectivity index (χ1) is 36.2. The molecule has 9 aromatic carbocycles. The Labute approximate surface area is 432 Å². The molecule has 5 aliphatic carbocycles. The van der Waals surface area contributed by atoms with E-state index in [0.717, 1.165) is 67.8 Å². The molecule has 0 amide bonds. The van der Waals surface area contributed by atoms with Gasteiger partial charge in [-0.15, -0.1) is 0 Å². The average Bonchev–Trinajstić information content (AvgIpc) is 3.90. The van der Waals surface area contributed by atoms with Gasteiger partial charge in [0.05, 0.1) is 22.8 Å². The highest BCUT2D eigenvalue weighted by Gasteiger charge is 2.42. The molecule has 2 bridgehead atoms. The van der Waals surface area contributed by atoms with Crippen LogP contribution in [0.5, 0.6) is 0 Å². The second kappa shape index (κ2) is 15.8. The van der Waals surface area contributed by atoms with Crippen LogP contribution >= 0.6 is 0 Å². The fourth-order valence-corrected chi connectivity index (χ4v) is 13.2. The number of hydrogen-bond donors (Lipinski definition) is 0. The van der Waals surface area contributed by atoms with Gasteiger partial charge in [-0.25, -0.2) is 19.9 Å². The second-order valence-electron chi connectivity index (χ2n) is 21.7. The van der Waals surface area contributed by atoms with Crippen LogP contribution in [0.2, 0.25) is 0 Å². The van der Waals surface area contributed by atoms with Crippen molar-refractivity contribution in [1.29, 1.82) is 0 Å². The lowest BCUT2D eigenvalue weighted by molar-refractivity contribution is 0.660. The number of rotatable bonds is 6. The fraction of sp³-hybridized carbons (Fsp3) is 0.114. The van der Waals surface area contributed by atoms with Crippen molar-refractivity contribution < 1.29 is 0 Å². The molecular formula is C70H50N4. The summed E-state index contributed by atoms with van der Waals surface area (Å²) in [5.41, 5.74) is 28.5. The predicted octanol–water partition coefficient (Wildman–Crippen LogP) is 16.9. The van der Waals surface area contributed by atoms with Crippen LogP contribution in [0.15, 0.2) is 218 Å². The van der Waals surface area contributed by atoms with Crippen molar-refractivity contribution in [3.05, 3.63) is 274 Å². The highest BCUT2D eigenvalue weighted by Crippen LogP contribution is 2.57. The summed E-state index contributed by atoms with van der Waals surface area (Å²) in [7, 11) is 0. The lowest BCUT2D eigenvalue weighted by atomic mass is 9.60. The zero-order valence-corrected chi connectivity index (χ0v) is 41.7. The van der Waals surface area contributed by atoms with E-state index in [-0.39, 0.29) is 22.7 Å². The van der Waals surface area contributed by atoms with Crippen molar-refractivity contribution in [1.82, 2.24) is 19.9 Å². The molecule has 4 heteroatoms. The molecular weight excluding hydrogens is 897 g/mol. The van der Waals surface area contributed by atoms with Gasteiger partial charge in [-0.3, -0.25) is 0 Å². The van der Waals surface area contributed by atoms with Gasteiger partial charge >= 0.3 is 0 Å². The first-order valence-corrected chi connectivity index (χ1v) is 25.9. The molecule has 0 radical (unpaired) electrons. The highest BCUT2D eigenvalue weighted by molar-refractivity contribution is 5.86. The number of aromatic nitrogens is 4. The van der Waals surface area contributed by atoms with Crippen molar-refractivity contribution in [2.75, 3.05) is 0 Å². The minimum atomic E-state index is -0.123. The Morgan fingerprint density at radius 1 is 0.257 bits per heavy atom. The minimum absolute atomic E-state index is 0.0606. The summed E-state index contributed by atoms with van der Waals surface area (Å²) in [6.45, 7) is 9.35. The lowest BCUT2D eigenvalue weighted by Crippen LogP contribution is -2.27. The van der Waals surface area contributed by atoms with Crippen LogP contribution in [0.4, 0.5) is 0 Å². The van der Waals surface area contributed by atoms with Gasteiger partial charge in [-0.2, -0.15) is 0 Å². The van der Waals surface area contributed by atoms with E-state index in [4.69, 9.17) is 19.9 Å². The number of nitrogens with zero attached hydrogens (tertiary/aromatic N) is 4. The van der Waals surface area contributed by atoms with Crippen molar-refractivity contribution in [2.45, 2.75) is 50.4 Å². The number of benzene rings is 9. The van der Waals surface area contributed by atoms with Crippen LogP contribution in [0.3, 0.4) is 0 Å². The van der Waals surface area contributed by atoms with E-state index in [2.05, 4.69) is 234 Å². The predicted molar refractivity (Wildman–Crippen MR) is 300 cm³/mol. The van der Waals surface area contributed by atoms with Crippen molar-refractivity contribution in [2.24, 2.45) is 0 Å². The molecule has 74 heavy (non-hydrogen) atoms. The van der Waals surface area contributed by atoms with Gasteiger partial charge in [0.15, 0.2) is 11.6 Å². The molecule has 2 heterocycles.